The number of halogens is 2. The lowest BCUT2D eigenvalue weighted by Crippen LogP contribution is -2.06. The van der Waals surface area contributed by atoms with Crippen molar-refractivity contribution < 1.29 is 9.18 Å². The molecule has 1 rings (SSSR count). The first-order valence-electron chi connectivity index (χ1n) is 3.74. The lowest BCUT2D eigenvalue weighted by molar-refractivity contribution is -0.114. The maximum Gasteiger partial charge on any atom is 0.221 e. The molecule has 2 nitrogen and oxygen atoms in total. The van der Waals surface area contributed by atoms with E-state index in [4.69, 9.17) is 0 Å². The van der Waals surface area contributed by atoms with Gasteiger partial charge in [0.05, 0.1) is 0 Å². The molecule has 0 heterocycles. The van der Waals surface area contributed by atoms with Crippen LogP contribution in [0.1, 0.15) is 12.5 Å². The second-order valence-electron chi connectivity index (χ2n) is 2.75. The minimum Gasteiger partial charge on any atom is -0.326 e. The van der Waals surface area contributed by atoms with Crippen LogP contribution in [0.4, 0.5) is 10.1 Å². The van der Waals surface area contributed by atoms with E-state index in [0.29, 0.717) is 11.3 Å². The van der Waals surface area contributed by atoms with Crippen molar-refractivity contribution in [2.24, 2.45) is 0 Å². The van der Waals surface area contributed by atoms with E-state index in [1.165, 1.54) is 13.0 Å². The van der Waals surface area contributed by atoms with Crippen molar-refractivity contribution in [1.82, 2.24) is 0 Å². The SMILES string of the molecule is CC(=O)Nc1cc(F)c(C)c(I)c1. The third-order valence-corrected chi connectivity index (χ3v) is 2.72. The lowest BCUT2D eigenvalue weighted by atomic mass is 10.2. The van der Waals surface area contributed by atoms with E-state index in [1.54, 1.807) is 13.0 Å². The maximum atomic E-state index is 13.1. The predicted molar refractivity (Wildman–Crippen MR) is 58.2 cm³/mol. The van der Waals surface area contributed by atoms with Gasteiger partial charge in [-0.15, -0.1) is 0 Å². The molecule has 1 amide bonds. The molecule has 1 aromatic rings. The number of rotatable bonds is 1. The van der Waals surface area contributed by atoms with Gasteiger partial charge in [-0.25, -0.2) is 4.39 Å². The van der Waals surface area contributed by atoms with Gasteiger partial charge in [0.15, 0.2) is 0 Å². The van der Waals surface area contributed by atoms with E-state index in [0.717, 1.165) is 3.57 Å². The summed E-state index contributed by atoms with van der Waals surface area (Å²) in [6, 6.07) is 3.05. The van der Waals surface area contributed by atoms with Crippen LogP contribution in [0.3, 0.4) is 0 Å². The highest BCUT2D eigenvalue weighted by Crippen LogP contribution is 2.20. The number of benzene rings is 1. The fraction of sp³-hybridized carbons (Fsp3) is 0.222. The molecule has 4 heteroatoms. The standard InChI is InChI=1S/C9H9FINO/c1-5-8(10)3-7(4-9(5)11)12-6(2)13/h3-4H,1-2H3,(H,12,13). The molecule has 0 fully saturated rings. The molecular weight excluding hydrogens is 284 g/mol. The third-order valence-electron chi connectivity index (χ3n) is 1.60. The van der Waals surface area contributed by atoms with Gasteiger partial charge in [0.1, 0.15) is 5.82 Å². The normalized spacial score (nSPS) is 9.85. The van der Waals surface area contributed by atoms with Crippen LogP contribution in [-0.2, 0) is 4.79 Å². The topological polar surface area (TPSA) is 29.1 Å². The van der Waals surface area contributed by atoms with Gasteiger partial charge in [0, 0.05) is 16.2 Å². The summed E-state index contributed by atoms with van der Waals surface area (Å²) in [5.74, 6) is -0.491. The van der Waals surface area contributed by atoms with Crippen molar-refractivity contribution >= 4 is 34.2 Å². The Hall–Kier alpha value is -0.650. The Morgan fingerprint density at radius 3 is 2.62 bits per heavy atom. The summed E-state index contributed by atoms with van der Waals surface area (Å²) in [5, 5.41) is 2.53. The molecular formula is C9H9FINO. The summed E-state index contributed by atoms with van der Waals surface area (Å²) >= 11 is 2.03. The molecule has 1 aromatic carbocycles. The summed E-state index contributed by atoms with van der Waals surface area (Å²) in [6.45, 7) is 3.10. The highest BCUT2D eigenvalue weighted by Gasteiger charge is 2.05. The van der Waals surface area contributed by atoms with Crippen LogP contribution in [0, 0.1) is 16.3 Å². The van der Waals surface area contributed by atoms with Gasteiger partial charge in [-0.2, -0.15) is 0 Å². The number of anilines is 1. The molecule has 0 saturated carbocycles. The van der Waals surface area contributed by atoms with Gasteiger partial charge in [0.25, 0.3) is 0 Å². The van der Waals surface area contributed by atoms with Crippen LogP contribution in [0.25, 0.3) is 0 Å². The van der Waals surface area contributed by atoms with Crippen molar-refractivity contribution in [3.63, 3.8) is 0 Å². The molecule has 0 aliphatic heterocycles. The highest BCUT2D eigenvalue weighted by molar-refractivity contribution is 14.1. The third kappa shape index (κ3) is 2.65. The minimum atomic E-state index is -0.296. The van der Waals surface area contributed by atoms with Crippen LogP contribution in [0.2, 0.25) is 0 Å². The smallest absolute Gasteiger partial charge is 0.221 e. The number of carbonyl (C=O) groups is 1. The first kappa shape index (κ1) is 10.4. The van der Waals surface area contributed by atoms with E-state index in [9.17, 15) is 9.18 Å². The fourth-order valence-electron chi connectivity index (χ4n) is 0.921. The van der Waals surface area contributed by atoms with Gasteiger partial charge in [0.2, 0.25) is 5.91 Å². The number of nitrogens with one attached hydrogen (secondary N) is 1. The zero-order chi connectivity index (χ0) is 10.0. The molecule has 70 valence electrons. The molecule has 0 unspecified atom stereocenters. The number of hydrogen-bond donors (Lipinski definition) is 1. The molecule has 1 N–H and O–H groups in total. The van der Waals surface area contributed by atoms with Crippen molar-refractivity contribution in [1.29, 1.82) is 0 Å². The second-order valence-corrected chi connectivity index (χ2v) is 3.91. The van der Waals surface area contributed by atoms with E-state index >= 15 is 0 Å². The lowest BCUT2D eigenvalue weighted by Gasteiger charge is -2.05. The Balaban J connectivity index is 3.06. The molecule has 0 bridgehead atoms. The van der Waals surface area contributed by atoms with Crippen molar-refractivity contribution in [2.45, 2.75) is 13.8 Å². The van der Waals surface area contributed by atoms with Crippen LogP contribution < -0.4 is 5.32 Å². The van der Waals surface area contributed by atoms with Gasteiger partial charge >= 0.3 is 0 Å². The fourth-order valence-corrected chi connectivity index (χ4v) is 1.51. The molecule has 0 saturated heterocycles. The van der Waals surface area contributed by atoms with Crippen LogP contribution in [0.5, 0.6) is 0 Å². The Labute approximate surface area is 89.7 Å². The monoisotopic (exact) mass is 293 g/mol. The van der Waals surface area contributed by atoms with Crippen LogP contribution >= 0.6 is 22.6 Å². The first-order valence-corrected chi connectivity index (χ1v) is 4.82. The van der Waals surface area contributed by atoms with Crippen LogP contribution in [-0.4, -0.2) is 5.91 Å². The molecule has 0 aromatic heterocycles. The Morgan fingerprint density at radius 2 is 2.15 bits per heavy atom. The Bertz CT molecular complexity index is 328. The summed E-state index contributed by atoms with van der Waals surface area (Å²) < 4.78 is 13.9. The van der Waals surface area contributed by atoms with Crippen LogP contribution in [0.15, 0.2) is 12.1 Å². The summed E-state index contributed by atoms with van der Waals surface area (Å²) in [6.07, 6.45) is 0. The van der Waals surface area contributed by atoms with E-state index < -0.39 is 0 Å². The summed E-state index contributed by atoms with van der Waals surface area (Å²) in [5.41, 5.74) is 1.11. The predicted octanol–water partition coefficient (Wildman–Crippen LogP) is 2.70. The number of carbonyl (C=O) groups excluding carboxylic acids is 1. The van der Waals surface area contributed by atoms with E-state index in [2.05, 4.69) is 5.32 Å². The van der Waals surface area contributed by atoms with E-state index in [-0.39, 0.29) is 11.7 Å². The first-order chi connectivity index (χ1) is 6.00. The second kappa shape index (κ2) is 4.04. The average Bonchev–Trinajstić information content (AvgIpc) is 1.98. The maximum absolute atomic E-state index is 13.1. The molecule has 0 aliphatic carbocycles. The zero-order valence-corrected chi connectivity index (χ0v) is 9.48. The number of amides is 1. The Morgan fingerprint density at radius 1 is 1.54 bits per heavy atom. The Kier molecular flexibility index (Phi) is 3.24. The van der Waals surface area contributed by atoms with Gasteiger partial charge in [-0.05, 0) is 47.2 Å². The quantitative estimate of drug-likeness (QED) is 0.793. The molecule has 0 radical (unpaired) electrons. The molecule has 0 atom stereocenters. The van der Waals surface area contributed by atoms with Gasteiger partial charge < -0.3 is 5.32 Å². The minimum absolute atomic E-state index is 0.195. The summed E-state index contributed by atoms with van der Waals surface area (Å²) in [4.78, 5) is 10.7. The number of hydrogen-bond acceptors (Lipinski definition) is 1. The largest absolute Gasteiger partial charge is 0.326 e. The summed E-state index contributed by atoms with van der Waals surface area (Å²) in [7, 11) is 0. The average molecular weight is 293 g/mol. The van der Waals surface area contributed by atoms with Crippen molar-refractivity contribution in [3.05, 3.63) is 27.1 Å². The molecule has 0 spiro atoms. The highest BCUT2D eigenvalue weighted by atomic mass is 127. The molecule has 0 aliphatic rings. The van der Waals surface area contributed by atoms with Crippen molar-refractivity contribution in [3.8, 4) is 0 Å². The molecule has 13 heavy (non-hydrogen) atoms. The van der Waals surface area contributed by atoms with Gasteiger partial charge in [-0.3, -0.25) is 4.79 Å². The van der Waals surface area contributed by atoms with Crippen molar-refractivity contribution in [2.75, 3.05) is 5.32 Å². The zero-order valence-electron chi connectivity index (χ0n) is 7.32. The van der Waals surface area contributed by atoms with Gasteiger partial charge in [-0.1, -0.05) is 0 Å². The van der Waals surface area contributed by atoms with E-state index in [1.807, 2.05) is 22.6 Å².